The number of aliphatic carboxylic acids is 2. The molecule has 92 valence electrons. The first kappa shape index (κ1) is 11.6. The van der Waals surface area contributed by atoms with E-state index in [2.05, 4.69) is 4.74 Å². The Morgan fingerprint density at radius 3 is 1.35 bits per heavy atom. The zero-order valence-electron chi connectivity index (χ0n) is 8.66. The first-order valence-corrected chi connectivity index (χ1v) is 5.13. The Labute approximate surface area is 95.4 Å². The lowest BCUT2D eigenvalue weighted by Crippen LogP contribution is -2.19. The fourth-order valence-electron chi connectivity index (χ4n) is 1.71. The van der Waals surface area contributed by atoms with Gasteiger partial charge in [0.25, 0.3) is 0 Å². The molecule has 0 aliphatic heterocycles. The third-order valence-electron chi connectivity index (χ3n) is 3.02. The molecule has 0 bridgehead atoms. The van der Waals surface area contributed by atoms with E-state index < -0.39 is 47.5 Å². The van der Waals surface area contributed by atoms with Crippen molar-refractivity contribution < 1.29 is 34.1 Å². The highest BCUT2D eigenvalue weighted by Gasteiger charge is 2.53. The van der Waals surface area contributed by atoms with Gasteiger partial charge in [-0.25, -0.2) is 0 Å². The zero-order valence-corrected chi connectivity index (χ0v) is 8.66. The molecule has 0 amide bonds. The first-order valence-electron chi connectivity index (χ1n) is 5.13. The molecule has 2 aliphatic rings. The molecule has 0 heterocycles. The lowest BCUT2D eigenvalue weighted by atomic mass is 10.3. The number of carboxylic acid groups (broad SMARTS) is 2. The molecule has 2 aliphatic carbocycles. The largest absolute Gasteiger partial charge is 0.481 e. The van der Waals surface area contributed by atoms with Crippen LogP contribution in [0.5, 0.6) is 0 Å². The van der Waals surface area contributed by atoms with Crippen molar-refractivity contribution in [3.63, 3.8) is 0 Å². The van der Waals surface area contributed by atoms with Crippen molar-refractivity contribution in [1.82, 2.24) is 0 Å². The van der Waals surface area contributed by atoms with Gasteiger partial charge in [-0.2, -0.15) is 0 Å². The van der Waals surface area contributed by atoms with E-state index in [-0.39, 0.29) is 12.8 Å². The van der Waals surface area contributed by atoms with Crippen molar-refractivity contribution in [2.75, 3.05) is 0 Å². The summed E-state index contributed by atoms with van der Waals surface area (Å²) in [5, 5.41) is 17.1. The maximum Gasteiger partial charge on any atom is 0.317 e. The van der Waals surface area contributed by atoms with Crippen LogP contribution in [0.4, 0.5) is 0 Å². The maximum absolute atomic E-state index is 11.3. The summed E-state index contributed by atoms with van der Waals surface area (Å²) in [6.07, 6.45) is 0.350. The van der Waals surface area contributed by atoms with E-state index in [0.29, 0.717) is 0 Å². The number of carboxylic acids is 2. The van der Waals surface area contributed by atoms with Crippen LogP contribution in [0.15, 0.2) is 0 Å². The van der Waals surface area contributed by atoms with Crippen LogP contribution < -0.4 is 0 Å². The Balaban J connectivity index is 1.79. The van der Waals surface area contributed by atoms with Crippen LogP contribution in [-0.4, -0.2) is 34.1 Å². The number of carbonyl (C=O) groups excluding carboxylic acids is 2. The van der Waals surface area contributed by atoms with E-state index in [1.807, 2.05) is 0 Å². The second-order valence-electron chi connectivity index (χ2n) is 4.31. The molecule has 0 aromatic heterocycles. The summed E-state index contributed by atoms with van der Waals surface area (Å²) in [7, 11) is 0. The van der Waals surface area contributed by atoms with Crippen LogP contribution in [0.3, 0.4) is 0 Å². The van der Waals surface area contributed by atoms with Crippen LogP contribution in [0.25, 0.3) is 0 Å². The van der Waals surface area contributed by atoms with Gasteiger partial charge < -0.3 is 14.9 Å². The summed E-state index contributed by atoms with van der Waals surface area (Å²) in [6, 6.07) is 0. The summed E-state index contributed by atoms with van der Waals surface area (Å²) >= 11 is 0. The number of hydrogen-bond donors (Lipinski definition) is 2. The molecular weight excluding hydrogens is 232 g/mol. The Hall–Kier alpha value is -1.92. The molecular formula is C10H10O7. The number of esters is 2. The van der Waals surface area contributed by atoms with Crippen LogP contribution in [0.2, 0.25) is 0 Å². The van der Waals surface area contributed by atoms with Crippen LogP contribution in [0, 0.1) is 23.7 Å². The standard InChI is InChI=1S/C10H10O7/c11-7(12)3-1-5(3)9(15)17-10(16)6-2-4(6)8(13)14/h3-6H,1-2H2,(H,11,12)(H,13,14). The minimum Gasteiger partial charge on any atom is -0.481 e. The second-order valence-corrected chi connectivity index (χ2v) is 4.31. The summed E-state index contributed by atoms with van der Waals surface area (Å²) in [4.78, 5) is 43.5. The van der Waals surface area contributed by atoms with Crippen molar-refractivity contribution >= 4 is 23.9 Å². The highest BCUT2D eigenvalue weighted by Crippen LogP contribution is 2.42. The monoisotopic (exact) mass is 242 g/mol. The van der Waals surface area contributed by atoms with Gasteiger partial charge in [0.1, 0.15) is 0 Å². The highest BCUT2D eigenvalue weighted by molar-refractivity contribution is 5.95. The molecule has 2 fully saturated rings. The van der Waals surface area contributed by atoms with E-state index in [1.54, 1.807) is 0 Å². The van der Waals surface area contributed by atoms with Gasteiger partial charge in [-0.3, -0.25) is 19.2 Å². The summed E-state index contributed by atoms with van der Waals surface area (Å²) in [5.74, 6) is -6.98. The molecule has 0 aromatic carbocycles. The van der Waals surface area contributed by atoms with Crippen LogP contribution in [-0.2, 0) is 23.9 Å². The summed E-state index contributed by atoms with van der Waals surface area (Å²) in [6.45, 7) is 0. The topological polar surface area (TPSA) is 118 Å². The molecule has 7 heteroatoms. The van der Waals surface area contributed by atoms with Crippen molar-refractivity contribution in [2.45, 2.75) is 12.8 Å². The quantitative estimate of drug-likeness (QED) is 0.503. The van der Waals surface area contributed by atoms with Crippen LogP contribution >= 0.6 is 0 Å². The highest BCUT2D eigenvalue weighted by atomic mass is 16.6. The molecule has 0 saturated heterocycles. The molecule has 4 atom stereocenters. The molecule has 2 rings (SSSR count). The van der Waals surface area contributed by atoms with E-state index >= 15 is 0 Å². The summed E-state index contributed by atoms with van der Waals surface area (Å²) in [5.41, 5.74) is 0. The zero-order chi connectivity index (χ0) is 12.7. The van der Waals surface area contributed by atoms with Gasteiger partial charge in [0.2, 0.25) is 0 Å². The fraction of sp³-hybridized carbons (Fsp3) is 0.600. The average Bonchev–Trinajstić information content (AvgIpc) is 3.10. The van der Waals surface area contributed by atoms with Crippen molar-refractivity contribution in [3.8, 4) is 0 Å². The lowest BCUT2D eigenvalue weighted by molar-refractivity contribution is -0.163. The van der Waals surface area contributed by atoms with Gasteiger partial charge in [-0.1, -0.05) is 0 Å². The van der Waals surface area contributed by atoms with E-state index in [4.69, 9.17) is 10.2 Å². The molecule has 17 heavy (non-hydrogen) atoms. The van der Waals surface area contributed by atoms with Gasteiger partial charge >= 0.3 is 23.9 Å². The predicted molar refractivity (Wildman–Crippen MR) is 49.6 cm³/mol. The third-order valence-corrected chi connectivity index (χ3v) is 3.02. The summed E-state index contributed by atoms with van der Waals surface area (Å²) < 4.78 is 4.45. The van der Waals surface area contributed by atoms with E-state index in [1.165, 1.54) is 0 Å². The van der Waals surface area contributed by atoms with Crippen molar-refractivity contribution in [3.05, 3.63) is 0 Å². The van der Waals surface area contributed by atoms with Gasteiger partial charge in [0, 0.05) is 0 Å². The van der Waals surface area contributed by atoms with E-state index in [9.17, 15) is 19.2 Å². The Morgan fingerprint density at radius 1 is 0.765 bits per heavy atom. The SMILES string of the molecule is O=C(O)C1CC1C(=O)OC(=O)C1CC1C(=O)O. The minimum absolute atomic E-state index is 0.175. The fourth-order valence-corrected chi connectivity index (χ4v) is 1.71. The smallest absolute Gasteiger partial charge is 0.317 e. The molecule has 2 N–H and O–H groups in total. The van der Waals surface area contributed by atoms with Gasteiger partial charge in [-0.05, 0) is 12.8 Å². The van der Waals surface area contributed by atoms with Gasteiger partial charge in [0.15, 0.2) is 0 Å². The molecule has 7 nitrogen and oxygen atoms in total. The van der Waals surface area contributed by atoms with Crippen molar-refractivity contribution in [2.24, 2.45) is 23.7 Å². The molecule has 0 aromatic rings. The third kappa shape index (κ3) is 2.27. The number of rotatable bonds is 4. The van der Waals surface area contributed by atoms with E-state index in [0.717, 1.165) is 0 Å². The number of carbonyl (C=O) groups is 4. The van der Waals surface area contributed by atoms with Gasteiger partial charge in [0.05, 0.1) is 23.7 Å². The normalized spacial score (nSPS) is 33.6. The Bertz CT molecular complexity index is 375. The molecule has 0 radical (unpaired) electrons. The second kappa shape index (κ2) is 3.83. The lowest BCUT2D eigenvalue weighted by Gasteiger charge is -2.00. The molecule has 0 spiro atoms. The minimum atomic E-state index is -1.09. The maximum atomic E-state index is 11.3. The average molecular weight is 242 g/mol. The predicted octanol–water partition coefficient (Wildman–Crippen LogP) is -0.502. The Morgan fingerprint density at radius 2 is 1.12 bits per heavy atom. The number of hydrogen-bond acceptors (Lipinski definition) is 5. The molecule has 2 saturated carbocycles. The number of ether oxygens (including phenoxy) is 1. The van der Waals surface area contributed by atoms with Crippen molar-refractivity contribution in [1.29, 1.82) is 0 Å². The van der Waals surface area contributed by atoms with Gasteiger partial charge in [-0.15, -0.1) is 0 Å². The first-order chi connectivity index (χ1) is 7.91. The Kier molecular flexibility index (Phi) is 2.60. The molecule has 4 unspecified atom stereocenters. The van der Waals surface area contributed by atoms with Crippen LogP contribution in [0.1, 0.15) is 12.8 Å².